The summed E-state index contributed by atoms with van der Waals surface area (Å²) < 4.78 is 52.1. The van der Waals surface area contributed by atoms with Crippen LogP contribution in [-0.4, -0.2) is 46.9 Å². The van der Waals surface area contributed by atoms with Crippen molar-refractivity contribution in [3.05, 3.63) is 58.5 Å². The standard InChI is InChI=1S/C22H17ClF3N3O3S/c1-31-17-8-14-12(7-13(17)21(27)30)15(4-5-28-14)32-16-3-2-11(19(23)20(16)24)6-18(33)29-9-22(25,26)10-29/h2-5,7-8H,6,9-10H2,1H3,(H2,27,30). The molecular weight excluding hydrogens is 479 g/mol. The lowest BCUT2D eigenvalue weighted by molar-refractivity contribution is -0.100. The summed E-state index contributed by atoms with van der Waals surface area (Å²) in [5, 5.41) is 0.187. The number of methoxy groups -OCH3 is 1. The van der Waals surface area contributed by atoms with Gasteiger partial charge in [-0.1, -0.05) is 29.9 Å². The van der Waals surface area contributed by atoms with Crippen LogP contribution in [-0.2, 0) is 6.42 Å². The number of carbonyl (C=O) groups is 1. The molecule has 3 aromatic rings. The highest BCUT2D eigenvalue weighted by molar-refractivity contribution is 7.80. The maximum atomic E-state index is 15.0. The molecule has 1 aromatic heterocycles. The Morgan fingerprint density at radius 3 is 2.61 bits per heavy atom. The summed E-state index contributed by atoms with van der Waals surface area (Å²) in [4.78, 5) is 17.6. The highest BCUT2D eigenvalue weighted by atomic mass is 35.5. The van der Waals surface area contributed by atoms with Gasteiger partial charge in [0.15, 0.2) is 11.6 Å². The number of primary amides is 1. The average Bonchev–Trinajstić information content (AvgIpc) is 2.76. The first-order valence-corrected chi connectivity index (χ1v) is 10.4. The van der Waals surface area contributed by atoms with Crippen molar-refractivity contribution in [1.82, 2.24) is 9.88 Å². The van der Waals surface area contributed by atoms with Crippen LogP contribution < -0.4 is 15.2 Å². The Bertz CT molecular complexity index is 1280. The van der Waals surface area contributed by atoms with Gasteiger partial charge in [0.25, 0.3) is 11.8 Å². The van der Waals surface area contributed by atoms with Crippen molar-refractivity contribution in [2.24, 2.45) is 5.73 Å². The summed E-state index contributed by atoms with van der Waals surface area (Å²) in [6.07, 6.45) is 1.50. The van der Waals surface area contributed by atoms with Gasteiger partial charge in [0.1, 0.15) is 11.5 Å². The number of halogens is 4. The van der Waals surface area contributed by atoms with Gasteiger partial charge in [0.05, 0.1) is 41.3 Å². The van der Waals surface area contributed by atoms with Gasteiger partial charge in [-0.2, -0.15) is 0 Å². The summed E-state index contributed by atoms with van der Waals surface area (Å²) in [5.41, 5.74) is 6.32. The lowest BCUT2D eigenvalue weighted by atomic mass is 10.1. The van der Waals surface area contributed by atoms with Crippen LogP contribution in [0, 0.1) is 5.82 Å². The Hall–Kier alpha value is -3.11. The van der Waals surface area contributed by atoms with Crippen LogP contribution in [0.2, 0.25) is 5.02 Å². The summed E-state index contributed by atoms with van der Waals surface area (Å²) in [5.74, 6) is -4.02. The number of rotatable bonds is 6. The first kappa shape index (κ1) is 23.1. The number of nitrogens with zero attached hydrogens (tertiary/aromatic N) is 2. The molecule has 2 heterocycles. The molecule has 1 amide bonds. The third-order valence-corrected chi connectivity index (χ3v) is 5.98. The first-order valence-electron chi connectivity index (χ1n) is 9.66. The Morgan fingerprint density at radius 1 is 1.24 bits per heavy atom. The second-order valence-electron chi connectivity index (χ2n) is 7.48. The zero-order valence-corrected chi connectivity index (χ0v) is 18.8. The number of pyridine rings is 1. The molecule has 0 atom stereocenters. The van der Waals surface area contributed by atoms with E-state index in [2.05, 4.69) is 4.98 Å². The first-order chi connectivity index (χ1) is 15.6. The van der Waals surface area contributed by atoms with E-state index in [1.165, 1.54) is 48.5 Å². The third-order valence-electron chi connectivity index (χ3n) is 5.17. The summed E-state index contributed by atoms with van der Waals surface area (Å²) in [6.45, 7) is -0.916. The fourth-order valence-electron chi connectivity index (χ4n) is 3.47. The molecule has 1 aliphatic rings. The quantitative estimate of drug-likeness (QED) is 0.497. The molecule has 0 radical (unpaired) electrons. The predicted molar refractivity (Wildman–Crippen MR) is 121 cm³/mol. The van der Waals surface area contributed by atoms with E-state index >= 15 is 4.39 Å². The van der Waals surface area contributed by atoms with Crippen molar-refractivity contribution in [2.75, 3.05) is 20.2 Å². The number of benzene rings is 2. The molecular formula is C22H17ClF3N3O3S. The van der Waals surface area contributed by atoms with E-state index in [4.69, 9.17) is 39.0 Å². The van der Waals surface area contributed by atoms with E-state index < -0.39 is 30.7 Å². The number of hydrogen-bond acceptors (Lipinski definition) is 5. The Kier molecular flexibility index (Phi) is 6.06. The van der Waals surface area contributed by atoms with E-state index in [1.807, 2.05) is 0 Å². The summed E-state index contributed by atoms with van der Waals surface area (Å²) >= 11 is 11.4. The van der Waals surface area contributed by atoms with Gasteiger partial charge < -0.3 is 20.1 Å². The molecule has 11 heteroatoms. The summed E-state index contributed by atoms with van der Waals surface area (Å²) in [6, 6.07) is 7.36. The molecule has 6 nitrogen and oxygen atoms in total. The van der Waals surface area contributed by atoms with Crippen molar-refractivity contribution in [3.63, 3.8) is 0 Å². The van der Waals surface area contributed by atoms with Gasteiger partial charge in [-0.3, -0.25) is 9.78 Å². The van der Waals surface area contributed by atoms with Gasteiger partial charge in [0, 0.05) is 24.1 Å². The van der Waals surface area contributed by atoms with Crippen LogP contribution in [0.1, 0.15) is 15.9 Å². The zero-order valence-electron chi connectivity index (χ0n) is 17.2. The monoisotopic (exact) mass is 495 g/mol. The van der Waals surface area contributed by atoms with Gasteiger partial charge in [-0.05, 0) is 23.8 Å². The number of nitrogens with two attached hydrogens (primary N) is 1. The van der Waals surface area contributed by atoms with Crippen molar-refractivity contribution in [1.29, 1.82) is 0 Å². The van der Waals surface area contributed by atoms with E-state index in [9.17, 15) is 13.6 Å². The molecule has 1 fully saturated rings. The highest BCUT2D eigenvalue weighted by Gasteiger charge is 2.44. The Balaban J connectivity index is 1.62. The molecule has 0 unspecified atom stereocenters. The van der Waals surface area contributed by atoms with Crippen molar-refractivity contribution < 1.29 is 27.4 Å². The number of ether oxygens (including phenoxy) is 2. The fourth-order valence-corrected chi connectivity index (χ4v) is 3.98. The molecule has 0 spiro atoms. The number of amides is 1. The van der Waals surface area contributed by atoms with Crippen LogP contribution in [0.5, 0.6) is 17.2 Å². The molecule has 2 aromatic carbocycles. The smallest absolute Gasteiger partial charge is 0.282 e. The van der Waals surface area contributed by atoms with Crippen LogP contribution in [0.4, 0.5) is 13.2 Å². The normalized spacial score (nSPS) is 14.6. The van der Waals surface area contributed by atoms with Crippen LogP contribution >= 0.6 is 23.8 Å². The minimum Gasteiger partial charge on any atom is -0.496 e. The Labute approximate surface area is 197 Å². The maximum Gasteiger partial charge on any atom is 0.282 e. The second-order valence-corrected chi connectivity index (χ2v) is 8.33. The second kappa shape index (κ2) is 8.68. The average molecular weight is 496 g/mol. The number of carbonyl (C=O) groups excluding carboxylic acids is 1. The van der Waals surface area contributed by atoms with Gasteiger partial charge in [-0.25, -0.2) is 13.2 Å². The maximum absolute atomic E-state index is 15.0. The molecule has 1 aliphatic heterocycles. The minimum absolute atomic E-state index is 0.0431. The van der Waals surface area contributed by atoms with E-state index in [1.54, 1.807) is 0 Å². The number of thiocarbonyl (C=S) groups is 1. The number of aromatic nitrogens is 1. The number of fused-ring (bicyclic) bond motifs is 1. The Morgan fingerprint density at radius 2 is 1.97 bits per heavy atom. The molecule has 0 aliphatic carbocycles. The SMILES string of the molecule is COc1cc2nccc(Oc3ccc(CC(=S)N4CC(F)(F)C4)c(Cl)c3F)c2cc1C(N)=O. The van der Waals surface area contributed by atoms with Crippen molar-refractivity contribution >= 4 is 45.6 Å². The molecule has 2 N–H and O–H groups in total. The molecule has 1 saturated heterocycles. The fraction of sp³-hybridized carbons (Fsp3) is 0.227. The van der Waals surface area contributed by atoms with Crippen molar-refractivity contribution in [2.45, 2.75) is 12.3 Å². The van der Waals surface area contributed by atoms with Crippen LogP contribution in [0.3, 0.4) is 0 Å². The van der Waals surface area contributed by atoms with Gasteiger partial charge >= 0.3 is 0 Å². The number of hydrogen-bond donors (Lipinski definition) is 1. The lowest BCUT2D eigenvalue weighted by Gasteiger charge is -2.40. The van der Waals surface area contributed by atoms with Gasteiger partial charge in [-0.15, -0.1) is 0 Å². The van der Waals surface area contributed by atoms with Gasteiger partial charge in [0.2, 0.25) is 0 Å². The van der Waals surface area contributed by atoms with Crippen molar-refractivity contribution in [3.8, 4) is 17.2 Å². The topological polar surface area (TPSA) is 77.7 Å². The largest absolute Gasteiger partial charge is 0.496 e. The number of likely N-dealkylation sites (tertiary alicyclic amines) is 1. The van der Waals surface area contributed by atoms with E-state index in [-0.39, 0.29) is 39.2 Å². The minimum atomic E-state index is -2.76. The van der Waals surface area contributed by atoms with E-state index in [0.717, 1.165) is 0 Å². The highest BCUT2D eigenvalue weighted by Crippen LogP contribution is 2.37. The summed E-state index contributed by atoms with van der Waals surface area (Å²) in [7, 11) is 1.39. The van der Waals surface area contributed by atoms with E-state index in [0.29, 0.717) is 16.5 Å². The predicted octanol–water partition coefficient (Wildman–Crippen LogP) is 4.75. The molecule has 0 bridgehead atoms. The third kappa shape index (κ3) is 4.53. The number of alkyl halides is 2. The van der Waals surface area contributed by atoms with Crippen LogP contribution in [0.15, 0.2) is 36.5 Å². The zero-order chi connectivity index (χ0) is 23.9. The molecule has 4 rings (SSSR count). The van der Waals surface area contributed by atoms with Crippen LogP contribution in [0.25, 0.3) is 10.9 Å². The molecule has 33 heavy (non-hydrogen) atoms. The molecule has 172 valence electrons. The lowest BCUT2D eigenvalue weighted by Crippen LogP contribution is -2.58. The molecule has 0 saturated carbocycles.